The van der Waals surface area contributed by atoms with Crippen molar-refractivity contribution in [1.29, 1.82) is 0 Å². The zero-order valence-corrected chi connectivity index (χ0v) is 14.0. The first-order valence-electron chi connectivity index (χ1n) is 6.48. The summed E-state index contributed by atoms with van der Waals surface area (Å²) < 4.78 is 15.8. The quantitative estimate of drug-likeness (QED) is 0.131. The molecule has 0 saturated heterocycles. The van der Waals surface area contributed by atoms with Crippen molar-refractivity contribution in [2.45, 2.75) is 25.7 Å². The Balaban J connectivity index is 3.75. The van der Waals surface area contributed by atoms with Gasteiger partial charge in [0.15, 0.2) is 0 Å². The molecule has 0 rings (SSSR count). The van der Waals surface area contributed by atoms with Crippen molar-refractivity contribution >= 4 is 14.8 Å². The molecule has 0 heterocycles. The van der Waals surface area contributed by atoms with Gasteiger partial charge in [0.2, 0.25) is 6.29 Å². The lowest BCUT2D eigenvalue weighted by Gasteiger charge is -2.24. The van der Waals surface area contributed by atoms with Crippen molar-refractivity contribution in [1.82, 2.24) is 5.32 Å². The molecule has 8 nitrogen and oxygen atoms in total. The molecule has 1 unspecified atom stereocenters. The van der Waals surface area contributed by atoms with Crippen LogP contribution in [0.25, 0.3) is 0 Å². The summed E-state index contributed by atoms with van der Waals surface area (Å²) in [7, 11) is 2.12. The minimum Gasteiger partial charge on any atom is -0.377 e. The molecule has 0 aliphatic rings. The topological polar surface area (TPSA) is 95.5 Å². The zero-order valence-electron chi connectivity index (χ0n) is 13.0. The number of aliphatic hydroxyl groups is 1. The number of hydrogen-bond acceptors (Lipinski definition) is 8. The maximum absolute atomic E-state index is 11.0. The molecule has 0 spiro atoms. The predicted octanol–water partition coefficient (Wildman–Crippen LogP) is 0.214. The SMILES string of the molecule is C=C(C)C(=O)OOC(O)CNCCC[Si](OC)(OC)OC. The number of aliphatic hydroxyl groups excluding tert-OH is 1. The summed E-state index contributed by atoms with van der Waals surface area (Å²) in [5.41, 5.74) is 0.190. The van der Waals surface area contributed by atoms with Crippen LogP contribution in [-0.4, -0.2) is 60.6 Å². The van der Waals surface area contributed by atoms with Gasteiger partial charge in [-0.05, 0) is 19.9 Å². The van der Waals surface area contributed by atoms with Gasteiger partial charge in [-0.2, -0.15) is 4.89 Å². The van der Waals surface area contributed by atoms with E-state index in [-0.39, 0.29) is 12.1 Å². The van der Waals surface area contributed by atoms with Crippen LogP contribution >= 0.6 is 0 Å². The Labute approximate surface area is 126 Å². The van der Waals surface area contributed by atoms with Crippen LogP contribution in [0.2, 0.25) is 6.04 Å². The Morgan fingerprint density at radius 3 is 2.33 bits per heavy atom. The molecule has 1 atom stereocenters. The van der Waals surface area contributed by atoms with Gasteiger partial charge >= 0.3 is 14.8 Å². The molecule has 9 heteroatoms. The Morgan fingerprint density at radius 2 is 1.86 bits per heavy atom. The molecule has 2 N–H and O–H groups in total. The van der Waals surface area contributed by atoms with E-state index in [0.29, 0.717) is 12.6 Å². The van der Waals surface area contributed by atoms with E-state index < -0.39 is 21.1 Å². The third-order valence-electron chi connectivity index (χ3n) is 2.67. The van der Waals surface area contributed by atoms with Gasteiger partial charge in [0, 0.05) is 32.9 Å². The smallest absolute Gasteiger partial charge is 0.377 e. The van der Waals surface area contributed by atoms with E-state index >= 15 is 0 Å². The molecule has 0 aliphatic carbocycles. The monoisotopic (exact) mass is 323 g/mol. The first kappa shape index (κ1) is 20.2. The zero-order chi connectivity index (χ0) is 16.3. The van der Waals surface area contributed by atoms with Crippen LogP contribution in [0.1, 0.15) is 13.3 Å². The molecule has 0 aromatic carbocycles. The second kappa shape index (κ2) is 10.8. The Morgan fingerprint density at radius 1 is 1.29 bits per heavy atom. The molecule has 0 radical (unpaired) electrons. The highest BCUT2D eigenvalue weighted by molar-refractivity contribution is 6.60. The van der Waals surface area contributed by atoms with E-state index in [1.54, 1.807) is 21.3 Å². The fourth-order valence-electron chi connectivity index (χ4n) is 1.42. The second-order valence-electron chi connectivity index (χ2n) is 4.31. The van der Waals surface area contributed by atoms with Crippen LogP contribution in [0, 0.1) is 0 Å². The van der Waals surface area contributed by atoms with E-state index in [4.69, 9.17) is 13.3 Å². The van der Waals surface area contributed by atoms with Crippen molar-refractivity contribution in [3.8, 4) is 0 Å². The first-order chi connectivity index (χ1) is 9.90. The van der Waals surface area contributed by atoms with Crippen LogP contribution in [0.3, 0.4) is 0 Å². The highest BCUT2D eigenvalue weighted by atomic mass is 28.4. The van der Waals surface area contributed by atoms with Gasteiger partial charge in [-0.3, -0.25) is 4.89 Å². The van der Waals surface area contributed by atoms with E-state index in [1.807, 2.05) is 0 Å². The van der Waals surface area contributed by atoms with Crippen LogP contribution in [-0.2, 0) is 27.8 Å². The summed E-state index contributed by atoms with van der Waals surface area (Å²) >= 11 is 0. The number of rotatable bonds is 12. The van der Waals surface area contributed by atoms with Crippen molar-refractivity contribution in [2.24, 2.45) is 0 Å². The average Bonchev–Trinajstić information content (AvgIpc) is 2.49. The summed E-state index contributed by atoms with van der Waals surface area (Å²) in [6.07, 6.45) is -0.511. The molecular formula is C12H25NO7Si. The van der Waals surface area contributed by atoms with Gasteiger partial charge in [0.1, 0.15) is 0 Å². The van der Waals surface area contributed by atoms with Gasteiger partial charge in [0.25, 0.3) is 0 Å². The van der Waals surface area contributed by atoms with Crippen LogP contribution in [0.15, 0.2) is 12.2 Å². The third kappa shape index (κ3) is 8.26. The van der Waals surface area contributed by atoms with Crippen molar-refractivity contribution in [3.63, 3.8) is 0 Å². The number of carbonyl (C=O) groups is 1. The first-order valence-corrected chi connectivity index (χ1v) is 8.41. The molecular weight excluding hydrogens is 298 g/mol. The minimum atomic E-state index is -2.55. The van der Waals surface area contributed by atoms with Crippen molar-refractivity contribution in [3.05, 3.63) is 12.2 Å². The van der Waals surface area contributed by atoms with Crippen LogP contribution in [0.4, 0.5) is 0 Å². The van der Waals surface area contributed by atoms with E-state index in [1.165, 1.54) is 6.92 Å². The molecule has 21 heavy (non-hydrogen) atoms. The standard InChI is InChI=1S/C12H25NO7Si/c1-10(2)12(15)20-19-11(14)9-13-7-6-8-21(16-3,17-4)18-5/h11,13-14H,1,6-9H2,2-5H3. The second-order valence-corrected chi connectivity index (χ2v) is 7.40. The molecule has 0 aromatic heterocycles. The lowest BCUT2D eigenvalue weighted by Crippen LogP contribution is -2.43. The lowest BCUT2D eigenvalue weighted by atomic mass is 10.4. The van der Waals surface area contributed by atoms with Crippen LogP contribution < -0.4 is 5.32 Å². The van der Waals surface area contributed by atoms with Gasteiger partial charge in [-0.1, -0.05) is 6.58 Å². The molecule has 124 valence electrons. The van der Waals surface area contributed by atoms with Crippen LogP contribution in [0.5, 0.6) is 0 Å². The highest BCUT2D eigenvalue weighted by Crippen LogP contribution is 2.14. The summed E-state index contributed by atoms with van der Waals surface area (Å²) in [4.78, 5) is 19.9. The summed E-state index contributed by atoms with van der Waals surface area (Å²) in [6, 6.07) is 0.644. The van der Waals surface area contributed by atoms with Gasteiger partial charge in [0.05, 0.1) is 6.54 Å². The number of hydrogen-bond donors (Lipinski definition) is 2. The Kier molecular flexibility index (Phi) is 10.4. The molecule has 0 bridgehead atoms. The lowest BCUT2D eigenvalue weighted by molar-refractivity contribution is -0.337. The summed E-state index contributed by atoms with van der Waals surface area (Å²) in [5.74, 6) is -0.717. The maximum Gasteiger partial charge on any atom is 0.500 e. The Hall–Kier alpha value is -0.813. The predicted molar refractivity (Wildman–Crippen MR) is 77.1 cm³/mol. The average molecular weight is 323 g/mol. The maximum atomic E-state index is 11.0. The van der Waals surface area contributed by atoms with Gasteiger partial charge in [-0.25, -0.2) is 4.79 Å². The summed E-state index contributed by atoms with van der Waals surface area (Å²) in [6.45, 7) is 5.58. The van der Waals surface area contributed by atoms with E-state index in [0.717, 1.165) is 6.42 Å². The van der Waals surface area contributed by atoms with E-state index in [9.17, 15) is 9.90 Å². The fraction of sp³-hybridized carbons (Fsp3) is 0.750. The van der Waals surface area contributed by atoms with Gasteiger partial charge in [-0.15, -0.1) is 0 Å². The summed E-state index contributed by atoms with van der Waals surface area (Å²) in [5, 5.41) is 12.4. The fourth-order valence-corrected chi connectivity index (χ4v) is 3.14. The molecule has 0 saturated carbocycles. The van der Waals surface area contributed by atoms with E-state index in [2.05, 4.69) is 21.7 Å². The Bertz CT molecular complexity index is 314. The van der Waals surface area contributed by atoms with Crippen molar-refractivity contribution < 1.29 is 33.0 Å². The number of nitrogens with one attached hydrogen (secondary N) is 1. The molecule has 0 amide bonds. The largest absolute Gasteiger partial charge is 0.500 e. The molecule has 0 fully saturated rings. The third-order valence-corrected chi connectivity index (χ3v) is 5.50. The highest BCUT2D eigenvalue weighted by Gasteiger charge is 2.36. The van der Waals surface area contributed by atoms with Crippen molar-refractivity contribution in [2.75, 3.05) is 34.4 Å². The molecule has 0 aliphatic heterocycles. The minimum absolute atomic E-state index is 0.116. The molecule has 0 aromatic rings. The van der Waals surface area contributed by atoms with Gasteiger partial charge < -0.3 is 23.7 Å². The number of carbonyl (C=O) groups excluding carboxylic acids is 1. The normalized spacial score (nSPS) is 13.0.